The average Bonchev–Trinajstić information content (AvgIpc) is 3.27. The molecule has 1 heterocycles. The Hall–Kier alpha value is 0.124. The molecule has 0 aliphatic carbocycles. The van der Waals surface area contributed by atoms with Gasteiger partial charge in [-0.05, 0) is 36.0 Å². The third kappa shape index (κ3) is 13.3. The Labute approximate surface area is 252 Å². The molecule has 0 aliphatic heterocycles. The van der Waals surface area contributed by atoms with Gasteiger partial charge in [-0.2, -0.15) is 0 Å². The number of carbonyl (C=O) groups is 1. The van der Waals surface area contributed by atoms with E-state index in [1.54, 1.807) is 14.2 Å². The minimum Gasteiger partial charge on any atom is -0.516 e. The molecule has 0 saturated heterocycles. The molecule has 0 aromatic carbocycles. The molecule has 1 rings (SSSR count). The molecule has 0 saturated carbocycles. The van der Waals surface area contributed by atoms with Gasteiger partial charge in [0.25, 0.3) is 0 Å². The zero-order chi connectivity index (χ0) is 27.5. The number of hydrogen-bond donors (Lipinski definition) is 0. The van der Waals surface area contributed by atoms with Crippen LogP contribution in [0.5, 0.6) is 0 Å². The molecule has 1 amide bonds. The molecule has 0 N–H and O–H groups in total. The van der Waals surface area contributed by atoms with Gasteiger partial charge in [-0.25, -0.2) is 4.98 Å². The smallest absolute Gasteiger partial charge is 0.194 e. The number of rotatable bonds is 13. The molecule has 36 heavy (non-hydrogen) atoms. The van der Waals surface area contributed by atoms with Crippen molar-refractivity contribution in [1.29, 1.82) is 0 Å². The van der Waals surface area contributed by atoms with Gasteiger partial charge < -0.3 is 21.3 Å². The summed E-state index contributed by atoms with van der Waals surface area (Å²) >= 11 is 1.82. The van der Waals surface area contributed by atoms with Crippen molar-refractivity contribution in [3.05, 3.63) is 30.1 Å². The zero-order valence-electron chi connectivity index (χ0n) is 25.2. The van der Waals surface area contributed by atoms with Crippen LogP contribution in [0.15, 0.2) is 5.38 Å². The van der Waals surface area contributed by atoms with Crippen molar-refractivity contribution in [2.45, 2.75) is 112 Å². The van der Waals surface area contributed by atoms with Crippen LogP contribution in [0.25, 0.3) is 0 Å². The van der Waals surface area contributed by atoms with Gasteiger partial charge >= 0.3 is 0 Å². The third-order valence-corrected chi connectivity index (χ3v) is 7.84. The van der Waals surface area contributed by atoms with Crippen LogP contribution in [0.3, 0.4) is 0 Å². The monoisotopic (exact) mass is 599 g/mol. The van der Waals surface area contributed by atoms with Crippen molar-refractivity contribution in [2.24, 2.45) is 23.7 Å². The van der Waals surface area contributed by atoms with Gasteiger partial charge in [0.05, 0.1) is 23.2 Å². The maximum atomic E-state index is 12.4. The first kappa shape index (κ1) is 38.3. The Morgan fingerprint density at radius 2 is 1.56 bits per heavy atom. The number of ether oxygens (including phenoxy) is 2. The minimum atomic E-state index is -0.315. The minimum absolute atomic E-state index is 0. The maximum absolute atomic E-state index is 12.4. The zero-order valence-corrected chi connectivity index (χ0v) is 28.9. The number of methoxy groups -OCH3 is 2. The summed E-state index contributed by atoms with van der Waals surface area (Å²) in [6.07, 6.45) is 1.32. The fourth-order valence-corrected chi connectivity index (χ4v) is 5.00. The second-order valence-electron chi connectivity index (χ2n) is 11.3. The molecule has 1 aromatic rings. The van der Waals surface area contributed by atoms with Crippen molar-refractivity contribution in [3.8, 4) is 0 Å². The number of aromatic nitrogens is 1. The summed E-state index contributed by atoms with van der Waals surface area (Å²) in [6.45, 7) is 25.8. The third-order valence-electron chi connectivity index (χ3n) is 6.74. The van der Waals surface area contributed by atoms with E-state index >= 15 is 0 Å². The maximum Gasteiger partial charge on any atom is 0.194 e. The van der Waals surface area contributed by atoms with Crippen molar-refractivity contribution in [1.82, 2.24) is 9.88 Å². The van der Waals surface area contributed by atoms with Gasteiger partial charge in [-0.15, -0.1) is 17.4 Å². The molecule has 209 valence electrons. The summed E-state index contributed by atoms with van der Waals surface area (Å²) in [6, 6.07) is -0.315. The molecule has 1 radical (unpaired) electrons. The summed E-state index contributed by atoms with van der Waals surface area (Å²) in [7, 11) is 7.17. The molecular formula is C29H54N2O3SY-2. The number of amides is 1. The second-order valence-corrected chi connectivity index (χ2v) is 12.1. The van der Waals surface area contributed by atoms with Gasteiger partial charge in [0.2, 0.25) is 0 Å². The molecule has 5 unspecified atom stereocenters. The van der Waals surface area contributed by atoms with Crippen molar-refractivity contribution in [2.75, 3.05) is 14.2 Å². The van der Waals surface area contributed by atoms with Crippen LogP contribution in [0.1, 0.15) is 105 Å². The van der Waals surface area contributed by atoms with Crippen molar-refractivity contribution >= 4 is 17.2 Å². The first-order valence-corrected chi connectivity index (χ1v) is 14.0. The van der Waals surface area contributed by atoms with E-state index in [4.69, 9.17) is 9.47 Å². The molecular weight excluding hydrogens is 545 g/mol. The van der Waals surface area contributed by atoms with E-state index in [2.05, 4.69) is 79.7 Å². The summed E-state index contributed by atoms with van der Waals surface area (Å²) < 4.78 is 10.9. The van der Waals surface area contributed by atoms with E-state index < -0.39 is 0 Å². The largest absolute Gasteiger partial charge is 0.516 e. The van der Waals surface area contributed by atoms with Crippen LogP contribution in [-0.4, -0.2) is 48.3 Å². The Morgan fingerprint density at radius 1 is 1.00 bits per heavy atom. The van der Waals surface area contributed by atoms with E-state index in [0.29, 0.717) is 24.2 Å². The first-order chi connectivity index (χ1) is 16.2. The summed E-state index contributed by atoms with van der Waals surface area (Å²) in [4.78, 5) is 18.5. The van der Waals surface area contributed by atoms with E-state index in [1.807, 2.05) is 25.2 Å². The van der Waals surface area contributed by atoms with Crippen molar-refractivity contribution in [3.63, 3.8) is 0 Å². The fourth-order valence-electron chi connectivity index (χ4n) is 3.94. The van der Waals surface area contributed by atoms with E-state index in [9.17, 15) is 4.79 Å². The topological polar surface area (TPSA) is 51.7 Å². The van der Waals surface area contributed by atoms with Crippen LogP contribution in [0.4, 0.5) is 0 Å². The first-order valence-electron chi connectivity index (χ1n) is 13.1. The molecule has 5 atom stereocenters. The molecule has 7 heteroatoms. The number of carbonyl (C=O) groups excluding carboxylic acids is 1. The predicted octanol–water partition coefficient (Wildman–Crippen LogP) is 7.59. The normalized spacial score (nSPS) is 15.7. The number of nitrogens with zero attached hydrogens (tertiary/aromatic N) is 2. The molecule has 5 nitrogen and oxygen atoms in total. The Kier molecular flexibility index (Phi) is 20.4. The Balaban J connectivity index is 0. The number of hydrogen-bond acceptors (Lipinski definition) is 5. The van der Waals surface area contributed by atoms with Gasteiger partial charge in [-0.3, -0.25) is 11.8 Å². The predicted molar refractivity (Wildman–Crippen MR) is 150 cm³/mol. The fraction of sp³-hybridized carbons (Fsp3) is 0.793. The second kappa shape index (κ2) is 19.2. The SMILES string of the molecule is CC(C)CC(C)c1nc(C(C)C)cs1.[CH2-]C(C(OC)C(C)C(C)C)N([CH2-])C(=O)CC(OC)C(C)C.[Y]. The quantitative estimate of drug-likeness (QED) is 0.219. The Morgan fingerprint density at radius 3 is 1.92 bits per heavy atom. The summed E-state index contributed by atoms with van der Waals surface area (Å²) in [5, 5.41) is 3.51. The van der Waals surface area contributed by atoms with Gasteiger partial charge in [-0.1, -0.05) is 69.2 Å². The van der Waals surface area contributed by atoms with E-state index in [0.717, 1.165) is 5.92 Å². The van der Waals surface area contributed by atoms with E-state index in [-0.39, 0.29) is 68.7 Å². The van der Waals surface area contributed by atoms with E-state index in [1.165, 1.54) is 22.0 Å². The molecule has 0 fully saturated rings. The number of thiazole rings is 1. The van der Waals surface area contributed by atoms with Crippen LogP contribution >= 0.6 is 11.3 Å². The summed E-state index contributed by atoms with van der Waals surface area (Å²) in [5.74, 6) is 2.90. The Bertz CT molecular complexity index is 708. The van der Waals surface area contributed by atoms with Crippen LogP contribution in [-0.2, 0) is 47.0 Å². The van der Waals surface area contributed by atoms with Gasteiger partial charge in [0.15, 0.2) is 5.91 Å². The van der Waals surface area contributed by atoms with Crippen LogP contribution in [0, 0.1) is 37.6 Å². The molecule has 0 spiro atoms. The van der Waals surface area contributed by atoms with Gasteiger partial charge in [0.1, 0.15) is 0 Å². The molecule has 0 aliphatic rings. The molecule has 0 bridgehead atoms. The van der Waals surface area contributed by atoms with Crippen molar-refractivity contribution < 1.29 is 47.0 Å². The summed E-state index contributed by atoms with van der Waals surface area (Å²) in [5.41, 5.74) is 1.25. The van der Waals surface area contributed by atoms with Gasteiger partial charge in [0, 0.05) is 64.3 Å². The standard InChI is InChI=1S/C17H33NO3.C12H21NS.Y/c1-11(2)13(5)17(21-9)14(6)18(7)16(19)10-15(20-8)12(3)4;1-8(2)6-10(5)12-13-11(7-14-12)9(3)4;/h11-15,17H,6-7,10H2,1-5,8-9H3;7-10H,6H2,1-5H3;/q-2;;. The van der Waals surface area contributed by atoms with Crippen LogP contribution in [0.2, 0.25) is 0 Å². The van der Waals surface area contributed by atoms with Crippen LogP contribution < -0.4 is 0 Å². The average molecular weight is 600 g/mol. The molecule has 1 aromatic heterocycles.